The van der Waals surface area contributed by atoms with E-state index in [9.17, 15) is 30.8 Å². The number of carbonyl (C=O) groups is 2. The molecule has 0 aromatic heterocycles. The number of sulfone groups is 1. The maximum absolute atomic E-state index is 13.2. The fourth-order valence-electron chi connectivity index (χ4n) is 2.82. The van der Waals surface area contributed by atoms with E-state index in [1.54, 1.807) is 0 Å². The number of hydrogen-bond donors (Lipinski definition) is 2. The summed E-state index contributed by atoms with van der Waals surface area (Å²) in [5.41, 5.74) is 0. The number of rotatable bonds is 7. The first-order chi connectivity index (χ1) is 13.0. The fourth-order valence-corrected chi connectivity index (χ4v) is 5.50. The Labute approximate surface area is 163 Å². The summed E-state index contributed by atoms with van der Waals surface area (Å²) < 4.78 is 63.9. The van der Waals surface area contributed by atoms with Crippen molar-refractivity contribution < 1.29 is 30.8 Å². The van der Waals surface area contributed by atoms with Crippen LogP contribution in [0.25, 0.3) is 0 Å². The Morgan fingerprint density at radius 2 is 1.82 bits per heavy atom. The first-order valence-electron chi connectivity index (χ1n) is 8.50. The Bertz CT molecular complexity index is 941. The molecule has 0 aliphatic carbocycles. The number of piperidine rings is 1. The van der Waals surface area contributed by atoms with Gasteiger partial charge in [-0.1, -0.05) is 6.07 Å². The molecule has 1 aliphatic rings. The number of amides is 2. The third-order valence-electron chi connectivity index (χ3n) is 4.43. The summed E-state index contributed by atoms with van der Waals surface area (Å²) >= 11 is 0. The van der Waals surface area contributed by atoms with E-state index in [1.165, 1.54) is 24.1 Å². The van der Waals surface area contributed by atoms with Gasteiger partial charge in [0.25, 0.3) is 0 Å². The Balaban J connectivity index is 1.89. The molecule has 28 heavy (non-hydrogen) atoms. The second-order valence-electron chi connectivity index (χ2n) is 6.34. The molecular formula is C16H22FN3O6S2. The largest absolute Gasteiger partial charge is 0.358 e. The third kappa shape index (κ3) is 5.72. The van der Waals surface area contributed by atoms with E-state index < -0.39 is 55.0 Å². The van der Waals surface area contributed by atoms with Crippen molar-refractivity contribution in [3.8, 4) is 0 Å². The highest BCUT2D eigenvalue weighted by Gasteiger charge is 2.33. The predicted molar refractivity (Wildman–Crippen MR) is 99.0 cm³/mol. The van der Waals surface area contributed by atoms with Gasteiger partial charge in [-0.2, -0.15) is 0 Å². The van der Waals surface area contributed by atoms with Crippen LogP contribution in [0.3, 0.4) is 0 Å². The minimum atomic E-state index is -4.04. The monoisotopic (exact) mass is 435 g/mol. The number of likely N-dealkylation sites (tertiary alicyclic amines) is 1. The zero-order chi connectivity index (χ0) is 20.9. The molecule has 1 aromatic rings. The number of halogens is 1. The molecule has 0 bridgehead atoms. The van der Waals surface area contributed by atoms with E-state index in [2.05, 4.69) is 10.0 Å². The minimum absolute atomic E-state index is 0.137. The summed E-state index contributed by atoms with van der Waals surface area (Å²) in [4.78, 5) is 24.6. The zero-order valence-electron chi connectivity index (χ0n) is 15.2. The van der Waals surface area contributed by atoms with E-state index in [0.717, 1.165) is 12.1 Å². The van der Waals surface area contributed by atoms with Crippen LogP contribution in [0.4, 0.5) is 4.39 Å². The minimum Gasteiger partial charge on any atom is -0.358 e. The Hall–Kier alpha value is -2.05. The number of sulfonamides is 1. The zero-order valence-corrected chi connectivity index (χ0v) is 16.9. The van der Waals surface area contributed by atoms with Crippen LogP contribution in [0, 0.1) is 5.82 Å². The van der Waals surface area contributed by atoms with E-state index in [1.807, 2.05) is 0 Å². The summed E-state index contributed by atoms with van der Waals surface area (Å²) in [5.74, 6) is -2.42. The number of benzene rings is 1. The van der Waals surface area contributed by atoms with E-state index >= 15 is 0 Å². The molecule has 0 saturated carbocycles. The average Bonchev–Trinajstić information content (AvgIpc) is 2.66. The van der Waals surface area contributed by atoms with Crippen molar-refractivity contribution in [1.29, 1.82) is 0 Å². The Morgan fingerprint density at radius 1 is 1.18 bits per heavy atom. The predicted octanol–water partition coefficient (Wildman–Crippen LogP) is -0.744. The van der Waals surface area contributed by atoms with Gasteiger partial charge >= 0.3 is 0 Å². The second kappa shape index (κ2) is 8.97. The third-order valence-corrected chi connectivity index (χ3v) is 7.98. The molecule has 0 radical (unpaired) electrons. The molecule has 0 unspecified atom stereocenters. The van der Waals surface area contributed by atoms with E-state index in [0.29, 0.717) is 0 Å². The lowest BCUT2D eigenvalue weighted by atomic mass is 10.1. The van der Waals surface area contributed by atoms with Crippen molar-refractivity contribution in [3.63, 3.8) is 0 Å². The molecule has 1 fully saturated rings. The van der Waals surface area contributed by atoms with Crippen LogP contribution >= 0.6 is 0 Å². The summed E-state index contributed by atoms with van der Waals surface area (Å²) in [6, 6.07) is 4.40. The summed E-state index contributed by atoms with van der Waals surface area (Å²) in [5, 5.41) is 1.54. The number of nitrogens with zero attached hydrogens (tertiary/aromatic N) is 1. The molecule has 0 spiro atoms. The summed E-state index contributed by atoms with van der Waals surface area (Å²) in [7, 11) is -6.31. The first kappa shape index (κ1) is 22.2. The van der Waals surface area contributed by atoms with Gasteiger partial charge in [-0.25, -0.2) is 25.9 Å². The van der Waals surface area contributed by atoms with Crippen molar-refractivity contribution in [2.24, 2.45) is 0 Å². The van der Waals surface area contributed by atoms with Gasteiger partial charge in [-0.15, -0.1) is 0 Å². The molecule has 1 aromatic carbocycles. The molecule has 2 rings (SSSR count). The summed E-state index contributed by atoms with van der Waals surface area (Å²) in [6.07, 6.45) is 0.337. The van der Waals surface area contributed by atoms with Crippen molar-refractivity contribution in [1.82, 2.24) is 14.9 Å². The van der Waals surface area contributed by atoms with E-state index in [4.69, 9.17) is 0 Å². The van der Waals surface area contributed by atoms with Crippen LogP contribution < -0.4 is 10.0 Å². The molecular weight excluding hydrogens is 413 g/mol. The maximum atomic E-state index is 13.2. The van der Waals surface area contributed by atoms with Crippen LogP contribution in [0.1, 0.15) is 12.8 Å². The first-order valence-corrected chi connectivity index (χ1v) is 11.7. The highest BCUT2D eigenvalue weighted by molar-refractivity contribution is 7.92. The highest BCUT2D eigenvalue weighted by atomic mass is 32.2. The summed E-state index contributed by atoms with van der Waals surface area (Å²) in [6.45, 7) is -0.245. The van der Waals surface area contributed by atoms with Crippen LogP contribution in [0.2, 0.25) is 0 Å². The van der Waals surface area contributed by atoms with Gasteiger partial charge < -0.3 is 10.2 Å². The standard InChI is InChI=1S/C16H22FN3O6S2/c1-18-15(21)11-27(23,24)13-5-7-20(8-6-13)16(22)10-19-28(25,26)14-4-2-3-12(17)9-14/h2-4,9,13,19H,5-8,10-11H2,1H3,(H,18,21). The van der Waals surface area contributed by atoms with Crippen molar-refractivity contribution in [2.45, 2.75) is 23.0 Å². The van der Waals surface area contributed by atoms with Crippen LogP contribution in [0.15, 0.2) is 29.2 Å². The molecule has 1 aliphatic heterocycles. The van der Waals surface area contributed by atoms with Gasteiger partial charge in [-0.3, -0.25) is 9.59 Å². The van der Waals surface area contributed by atoms with Crippen molar-refractivity contribution in [2.75, 3.05) is 32.4 Å². The van der Waals surface area contributed by atoms with Gasteiger partial charge in [0.15, 0.2) is 9.84 Å². The highest BCUT2D eigenvalue weighted by Crippen LogP contribution is 2.19. The topological polar surface area (TPSA) is 130 Å². The number of hydrogen-bond acceptors (Lipinski definition) is 6. The lowest BCUT2D eigenvalue weighted by molar-refractivity contribution is -0.130. The van der Waals surface area contributed by atoms with Crippen molar-refractivity contribution in [3.05, 3.63) is 30.1 Å². The smallest absolute Gasteiger partial charge is 0.241 e. The fraction of sp³-hybridized carbons (Fsp3) is 0.500. The lowest BCUT2D eigenvalue weighted by Gasteiger charge is -2.31. The van der Waals surface area contributed by atoms with Gasteiger partial charge in [-0.05, 0) is 31.0 Å². The molecule has 2 N–H and O–H groups in total. The molecule has 12 heteroatoms. The molecule has 156 valence electrons. The SMILES string of the molecule is CNC(=O)CS(=O)(=O)C1CCN(C(=O)CNS(=O)(=O)c2cccc(F)c2)CC1. The van der Waals surface area contributed by atoms with Crippen LogP contribution in [-0.2, 0) is 29.4 Å². The molecule has 0 atom stereocenters. The number of nitrogens with one attached hydrogen (secondary N) is 2. The lowest BCUT2D eigenvalue weighted by Crippen LogP contribution is -2.47. The second-order valence-corrected chi connectivity index (χ2v) is 10.4. The normalized spacial score (nSPS) is 16.0. The van der Waals surface area contributed by atoms with Gasteiger partial charge in [0.2, 0.25) is 21.8 Å². The van der Waals surface area contributed by atoms with Gasteiger partial charge in [0, 0.05) is 20.1 Å². The molecule has 1 saturated heterocycles. The Morgan fingerprint density at radius 3 is 2.39 bits per heavy atom. The molecule has 9 nitrogen and oxygen atoms in total. The molecule has 2 amide bonds. The number of carbonyl (C=O) groups excluding carboxylic acids is 2. The quantitative estimate of drug-likeness (QED) is 0.580. The van der Waals surface area contributed by atoms with Gasteiger partial charge in [0.1, 0.15) is 11.6 Å². The average molecular weight is 435 g/mol. The maximum Gasteiger partial charge on any atom is 0.241 e. The molecule has 1 heterocycles. The van der Waals surface area contributed by atoms with E-state index in [-0.39, 0.29) is 30.8 Å². The van der Waals surface area contributed by atoms with Crippen molar-refractivity contribution >= 4 is 31.7 Å². The van der Waals surface area contributed by atoms with Crippen LogP contribution in [-0.4, -0.2) is 71.2 Å². The van der Waals surface area contributed by atoms with Gasteiger partial charge in [0.05, 0.1) is 16.7 Å². The Kier molecular flexibility index (Phi) is 7.12. The van der Waals surface area contributed by atoms with Crippen LogP contribution in [0.5, 0.6) is 0 Å².